The van der Waals surface area contributed by atoms with Gasteiger partial charge in [0, 0.05) is 29.6 Å². The van der Waals surface area contributed by atoms with E-state index in [0.717, 1.165) is 16.4 Å². The van der Waals surface area contributed by atoms with Crippen LogP contribution in [0.1, 0.15) is 23.0 Å². The van der Waals surface area contributed by atoms with Crippen molar-refractivity contribution >= 4 is 33.5 Å². The summed E-state index contributed by atoms with van der Waals surface area (Å²) < 4.78 is 13.1. The fourth-order valence-corrected chi connectivity index (χ4v) is 3.11. The van der Waals surface area contributed by atoms with Crippen molar-refractivity contribution < 1.29 is 13.9 Å². The maximum Gasteiger partial charge on any atom is 0.259 e. The molecule has 4 rings (SSSR count). The number of ether oxygens (including phenoxy) is 1. The molecule has 6 heteroatoms. The number of aromatic nitrogens is 2. The third-order valence-electron chi connectivity index (χ3n) is 4.46. The zero-order valence-corrected chi connectivity index (χ0v) is 14.9. The zero-order valence-electron chi connectivity index (χ0n) is 14.9. The van der Waals surface area contributed by atoms with Gasteiger partial charge in [-0.1, -0.05) is 18.2 Å². The summed E-state index contributed by atoms with van der Waals surface area (Å²) in [5.74, 6) is 0.355. The Hall–Kier alpha value is -3.28. The molecule has 0 aliphatic heterocycles. The molecule has 1 amide bonds. The van der Waals surface area contributed by atoms with Crippen LogP contribution in [0.5, 0.6) is 5.75 Å². The maximum absolute atomic E-state index is 12.7. The Kier molecular flexibility index (Phi) is 3.88. The molecule has 0 spiro atoms. The van der Waals surface area contributed by atoms with Gasteiger partial charge >= 0.3 is 0 Å². The highest BCUT2D eigenvalue weighted by molar-refractivity contribution is 6.10. The second-order valence-electron chi connectivity index (χ2n) is 6.08. The summed E-state index contributed by atoms with van der Waals surface area (Å²) in [6, 6.07) is 11.5. The molecule has 0 fully saturated rings. The third-order valence-corrected chi connectivity index (χ3v) is 4.46. The molecular formula is C20H19N3O3. The molecular weight excluding hydrogens is 330 g/mol. The zero-order chi connectivity index (χ0) is 18.3. The summed E-state index contributed by atoms with van der Waals surface area (Å²) in [6.07, 6.45) is 1.75. The first kappa shape index (κ1) is 16.2. The van der Waals surface area contributed by atoms with Crippen molar-refractivity contribution in [1.82, 2.24) is 9.78 Å². The van der Waals surface area contributed by atoms with E-state index in [1.165, 1.54) is 0 Å². The standard InChI is InChI=1S/C20H19N3O3/c1-4-23-11-15(12(2)22-23)20(24)21-16-10-18-14(9-19(16)25-3)13-7-5-6-8-17(13)26-18/h5-11H,4H2,1-3H3,(H,21,24). The number of anilines is 1. The molecule has 2 heterocycles. The van der Waals surface area contributed by atoms with Crippen molar-refractivity contribution in [3.8, 4) is 5.75 Å². The second-order valence-corrected chi connectivity index (χ2v) is 6.08. The van der Waals surface area contributed by atoms with Crippen LogP contribution in [0.25, 0.3) is 21.9 Å². The van der Waals surface area contributed by atoms with Gasteiger partial charge in [-0.25, -0.2) is 0 Å². The average Bonchev–Trinajstić information content (AvgIpc) is 3.20. The van der Waals surface area contributed by atoms with Crippen LogP contribution < -0.4 is 10.1 Å². The molecule has 4 aromatic rings. The van der Waals surface area contributed by atoms with Crippen molar-refractivity contribution in [2.24, 2.45) is 0 Å². The van der Waals surface area contributed by atoms with E-state index in [-0.39, 0.29) is 5.91 Å². The highest BCUT2D eigenvalue weighted by Gasteiger charge is 2.17. The number of para-hydroxylation sites is 1. The predicted octanol–water partition coefficient (Wildman–Crippen LogP) is 4.37. The summed E-state index contributed by atoms with van der Waals surface area (Å²) >= 11 is 0. The van der Waals surface area contributed by atoms with E-state index in [9.17, 15) is 4.79 Å². The number of methoxy groups -OCH3 is 1. The smallest absolute Gasteiger partial charge is 0.259 e. The van der Waals surface area contributed by atoms with Crippen molar-refractivity contribution in [3.05, 3.63) is 53.9 Å². The van der Waals surface area contributed by atoms with E-state index in [1.54, 1.807) is 24.1 Å². The van der Waals surface area contributed by atoms with E-state index in [1.807, 2.05) is 44.2 Å². The van der Waals surface area contributed by atoms with Gasteiger partial charge in [-0.15, -0.1) is 0 Å². The Morgan fingerprint density at radius 3 is 2.77 bits per heavy atom. The molecule has 0 aliphatic rings. The Bertz CT molecular complexity index is 1120. The molecule has 26 heavy (non-hydrogen) atoms. The minimum atomic E-state index is -0.226. The normalized spacial score (nSPS) is 11.2. The van der Waals surface area contributed by atoms with Gasteiger partial charge in [0.1, 0.15) is 16.9 Å². The molecule has 0 unspecified atom stereocenters. The molecule has 2 aromatic carbocycles. The molecule has 0 saturated carbocycles. The minimum absolute atomic E-state index is 0.226. The summed E-state index contributed by atoms with van der Waals surface area (Å²) in [6.45, 7) is 4.51. The highest BCUT2D eigenvalue weighted by atomic mass is 16.5. The fourth-order valence-electron chi connectivity index (χ4n) is 3.11. The van der Waals surface area contributed by atoms with Crippen LogP contribution >= 0.6 is 0 Å². The lowest BCUT2D eigenvalue weighted by Crippen LogP contribution is -2.13. The van der Waals surface area contributed by atoms with Gasteiger partial charge in [-0.05, 0) is 26.0 Å². The van der Waals surface area contributed by atoms with Crippen molar-refractivity contribution in [2.75, 3.05) is 12.4 Å². The van der Waals surface area contributed by atoms with Crippen LogP contribution in [0.2, 0.25) is 0 Å². The number of nitrogens with zero attached hydrogens (tertiary/aromatic N) is 2. The Balaban J connectivity index is 1.76. The molecule has 0 bridgehead atoms. The number of hydrogen-bond donors (Lipinski definition) is 1. The average molecular weight is 349 g/mol. The fraction of sp³-hybridized carbons (Fsp3) is 0.200. The minimum Gasteiger partial charge on any atom is -0.495 e. The van der Waals surface area contributed by atoms with Crippen LogP contribution in [0.4, 0.5) is 5.69 Å². The molecule has 1 N–H and O–H groups in total. The topological polar surface area (TPSA) is 69.3 Å². The quantitative estimate of drug-likeness (QED) is 0.594. The first-order valence-electron chi connectivity index (χ1n) is 8.45. The number of carbonyl (C=O) groups excluding carboxylic acids is 1. The second kappa shape index (κ2) is 6.22. The van der Waals surface area contributed by atoms with Crippen LogP contribution in [0, 0.1) is 6.92 Å². The molecule has 2 aromatic heterocycles. The number of rotatable bonds is 4. The largest absolute Gasteiger partial charge is 0.495 e. The summed E-state index contributed by atoms with van der Waals surface area (Å²) in [7, 11) is 1.58. The van der Waals surface area contributed by atoms with Gasteiger partial charge < -0.3 is 14.5 Å². The number of fused-ring (bicyclic) bond motifs is 3. The van der Waals surface area contributed by atoms with Gasteiger partial charge in [0.2, 0.25) is 0 Å². The van der Waals surface area contributed by atoms with E-state index in [4.69, 9.17) is 9.15 Å². The first-order chi connectivity index (χ1) is 12.6. The van der Waals surface area contributed by atoms with E-state index < -0.39 is 0 Å². The predicted molar refractivity (Wildman–Crippen MR) is 101 cm³/mol. The van der Waals surface area contributed by atoms with E-state index in [0.29, 0.717) is 34.8 Å². The number of amides is 1. The number of hydrogen-bond acceptors (Lipinski definition) is 4. The summed E-state index contributed by atoms with van der Waals surface area (Å²) in [4.78, 5) is 12.7. The number of furan rings is 1. The summed E-state index contributed by atoms with van der Waals surface area (Å²) in [5.41, 5.74) is 3.29. The van der Waals surface area contributed by atoms with Crippen LogP contribution in [-0.4, -0.2) is 22.8 Å². The third kappa shape index (κ3) is 2.60. The lowest BCUT2D eigenvalue weighted by molar-refractivity contribution is 0.102. The van der Waals surface area contributed by atoms with Gasteiger partial charge in [-0.3, -0.25) is 9.48 Å². The summed E-state index contributed by atoms with van der Waals surface area (Å²) in [5, 5.41) is 9.20. The van der Waals surface area contributed by atoms with Crippen LogP contribution in [-0.2, 0) is 6.54 Å². The van der Waals surface area contributed by atoms with Gasteiger partial charge in [0.15, 0.2) is 0 Å². The lowest BCUT2D eigenvalue weighted by atomic mass is 10.1. The monoisotopic (exact) mass is 349 g/mol. The Labute approximate surface area is 150 Å². The van der Waals surface area contributed by atoms with E-state index in [2.05, 4.69) is 10.4 Å². The van der Waals surface area contributed by atoms with Crippen LogP contribution in [0.3, 0.4) is 0 Å². The van der Waals surface area contributed by atoms with Crippen molar-refractivity contribution in [1.29, 1.82) is 0 Å². The molecule has 0 atom stereocenters. The van der Waals surface area contributed by atoms with Gasteiger partial charge in [-0.2, -0.15) is 5.10 Å². The van der Waals surface area contributed by atoms with Gasteiger partial charge in [0.05, 0.1) is 24.1 Å². The molecule has 132 valence electrons. The molecule has 0 saturated heterocycles. The SMILES string of the molecule is CCn1cc(C(=O)Nc2cc3oc4ccccc4c3cc2OC)c(C)n1. The lowest BCUT2D eigenvalue weighted by Gasteiger charge is -2.10. The molecule has 0 aliphatic carbocycles. The highest BCUT2D eigenvalue weighted by Crippen LogP contribution is 2.36. The number of aryl methyl sites for hydroxylation is 2. The van der Waals surface area contributed by atoms with Crippen molar-refractivity contribution in [2.45, 2.75) is 20.4 Å². The molecule has 6 nitrogen and oxygen atoms in total. The maximum atomic E-state index is 12.7. The van der Waals surface area contributed by atoms with E-state index >= 15 is 0 Å². The Morgan fingerprint density at radius 1 is 1.23 bits per heavy atom. The number of nitrogens with one attached hydrogen (secondary N) is 1. The van der Waals surface area contributed by atoms with Crippen molar-refractivity contribution in [3.63, 3.8) is 0 Å². The molecule has 0 radical (unpaired) electrons. The van der Waals surface area contributed by atoms with Gasteiger partial charge in [0.25, 0.3) is 5.91 Å². The Morgan fingerprint density at radius 2 is 2.04 bits per heavy atom. The first-order valence-corrected chi connectivity index (χ1v) is 8.45. The number of benzene rings is 2. The van der Waals surface area contributed by atoms with Crippen LogP contribution in [0.15, 0.2) is 47.0 Å². The number of carbonyl (C=O) groups is 1.